The molecule has 3 aromatic heterocycles. The lowest BCUT2D eigenvalue weighted by Gasteiger charge is -2.06. The second-order valence-corrected chi connectivity index (χ2v) is 5.68. The molecule has 1 amide bonds. The van der Waals surface area contributed by atoms with Crippen LogP contribution in [0.4, 0.5) is 14.5 Å². The summed E-state index contributed by atoms with van der Waals surface area (Å²) >= 11 is 0. The van der Waals surface area contributed by atoms with Crippen LogP contribution in [0.2, 0.25) is 0 Å². The van der Waals surface area contributed by atoms with Gasteiger partial charge < -0.3 is 10.3 Å². The molecule has 0 unspecified atom stereocenters. The zero-order valence-corrected chi connectivity index (χ0v) is 13.3. The summed E-state index contributed by atoms with van der Waals surface area (Å²) in [7, 11) is 0. The van der Waals surface area contributed by atoms with E-state index >= 15 is 0 Å². The van der Waals surface area contributed by atoms with Crippen LogP contribution < -0.4 is 5.32 Å². The molecule has 26 heavy (non-hydrogen) atoms. The Morgan fingerprint density at radius 1 is 1.00 bits per heavy atom. The summed E-state index contributed by atoms with van der Waals surface area (Å²) in [5.74, 6) is -1.23. The Labute approximate surface area is 146 Å². The number of aromatic nitrogens is 3. The largest absolute Gasteiger partial charge is 0.346 e. The number of rotatable bonds is 3. The molecule has 3 heterocycles. The third kappa shape index (κ3) is 3.02. The molecule has 0 aliphatic carbocycles. The van der Waals surface area contributed by atoms with Gasteiger partial charge >= 0.3 is 0 Å². The lowest BCUT2D eigenvalue weighted by molar-refractivity contribution is 0.102. The van der Waals surface area contributed by atoms with Crippen LogP contribution in [0.1, 0.15) is 10.4 Å². The van der Waals surface area contributed by atoms with E-state index in [-0.39, 0.29) is 5.91 Å². The van der Waals surface area contributed by atoms with Crippen LogP contribution in [0.25, 0.3) is 22.2 Å². The van der Waals surface area contributed by atoms with Gasteiger partial charge in [0.15, 0.2) is 0 Å². The number of fused-ring (bicyclic) bond motifs is 1. The average molecular weight is 350 g/mol. The number of H-pyrrole nitrogens is 1. The van der Waals surface area contributed by atoms with E-state index < -0.39 is 11.6 Å². The number of nitrogens with one attached hydrogen (secondary N) is 2. The maximum atomic E-state index is 13.5. The molecule has 7 heteroatoms. The lowest BCUT2D eigenvalue weighted by Crippen LogP contribution is -2.11. The molecular formula is C19H12F2N4O. The Bertz CT molecular complexity index is 1110. The summed E-state index contributed by atoms with van der Waals surface area (Å²) in [4.78, 5) is 23.4. The maximum Gasteiger partial charge on any atom is 0.255 e. The Hall–Kier alpha value is -3.61. The first-order valence-corrected chi connectivity index (χ1v) is 7.75. The van der Waals surface area contributed by atoms with Crippen molar-refractivity contribution in [3.63, 3.8) is 0 Å². The highest BCUT2D eigenvalue weighted by Crippen LogP contribution is 2.29. The Morgan fingerprint density at radius 2 is 1.81 bits per heavy atom. The van der Waals surface area contributed by atoms with Crippen LogP contribution in [0.5, 0.6) is 0 Å². The van der Waals surface area contributed by atoms with Crippen LogP contribution in [0.15, 0.2) is 61.2 Å². The smallest absolute Gasteiger partial charge is 0.255 e. The summed E-state index contributed by atoms with van der Waals surface area (Å²) in [6, 6.07) is 8.35. The van der Waals surface area contributed by atoms with Gasteiger partial charge in [-0.25, -0.2) is 13.8 Å². The molecular weight excluding hydrogens is 338 g/mol. The van der Waals surface area contributed by atoms with Crippen molar-refractivity contribution in [3.05, 3.63) is 78.4 Å². The average Bonchev–Trinajstić information content (AvgIpc) is 3.05. The van der Waals surface area contributed by atoms with E-state index in [0.29, 0.717) is 27.8 Å². The number of amides is 1. The first-order valence-electron chi connectivity index (χ1n) is 7.75. The molecule has 4 rings (SSSR count). The topological polar surface area (TPSA) is 70.7 Å². The number of pyridine rings is 2. The number of hydrogen-bond donors (Lipinski definition) is 2. The molecule has 0 atom stereocenters. The van der Waals surface area contributed by atoms with Gasteiger partial charge in [0.1, 0.15) is 17.3 Å². The zero-order valence-electron chi connectivity index (χ0n) is 13.3. The summed E-state index contributed by atoms with van der Waals surface area (Å²) in [5, 5.41) is 3.44. The molecule has 2 N–H and O–H groups in total. The highest BCUT2D eigenvalue weighted by molar-refractivity contribution is 6.05. The van der Waals surface area contributed by atoms with Crippen molar-refractivity contribution in [1.29, 1.82) is 0 Å². The first kappa shape index (κ1) is 15.9. The summed E-state index contributed by atoms with van der Waals surface area (Å²) in [5.41, 5.74) is 2.72. The molecule has 0 radical (unpaired) electrons. The normalized spacial score (nSPS) is 10.8. The van der Waals surface area contributed by atoms with Crippen LogP contribution in [-0.4, -0.2) is 20.9 Å². The van der Waals surface area contributed by atoms with Crippen LogP contribution in [0, 0.1) is 11.6 Å². The molecule has 0 aliphatic heterocycles. The van der Waals surface area contributed by atoms with E-state index in [1.165, 1.54) is 36.5 Å². The number of benzene rings is 1. The van der Waals surface area contributed by atoms with Crippen molar-refractivity contribution in [2.75, 3.05) is 5.32 Å². The van der Waals surface area contributed by atoms with Gasteiger partial charge in [-0.05, 0) is 36.4 Å². The molecule has 0 spiro atoms. The van der Waals surface area contributed by atoms with Crippen molar-refractivity contribution in [2.24, 2.45) is 0 Å². The maximum absolute atomic E-state index is 13.5. The number of anilines is 1. The first-order chi connectivity index (χ1) is 12.6. The van der Waals surface area contributed by atoms with Gasteiger partial charge in [-0.3, -0.25) is 9.78 Å². The predicted octanol–water partition coefficient (Wildman–Crippen LogP) is 4.16. The summed E-state index contributed by atoms with van der Waals surface area (Å²) < 4.78 is 26.4. The monoisotopic (exact) mass is 350 g/mol. The van der Waals surface area contributed by atoms with Gasteiger partial charge in [0, 0.05) is 34.5 Å². The summed E-state index contributed by atoms with van der Waals surface area (Å²) in [6.45, 7) is 0. The number of aromatic amines is 1. The van der Waals surface area contributed by atoms with Crippen molar-refractivity contribution in [1.82, 2.24) is 15.0 Å². The fourth-order valence-corrected chi connectivity index (χ4v) is 2.67. The van der Waals surface area contributed by atoms with E-state index in [0.717, 1.165) is 11.8 Å². The van der Waals surface area contributed by atoms with Crippen molar-refractivity contribution >= 4 is 22.6 Å². The third-order valence-electron chi connectivity index (χ3n) is 3.91. The number of hydrogen-bond acceptors (Lipinski definition) is 3. The standard InChI is InChI=1S/C19H12F2N4O/c20-13-3-1-11(2-4-13)19(26)25-15-6-16-17(10-24-18(16)23-9-15)12-5-14(21)8-22-7-12/h1-10H,(H,23,24)(H,25,26). The molecule has 0 saturated carbocycles. The van der Waals surface area contributed by atoms with Crippen molar-refractivity contribution in [2.45, 2.75) is 0 Å². The lowest BCUT2D eigenvalue weighted by atomic mass is 10.1. The van der Waals surface area contributed by atoms with E-state index in [2.05, 4.69) is 20.3 Å². The van der Waals surface area contributed by atoms with Crippen molar-refractivity contribution in [3.8, 4) is 11.1 Å². The van der Waals surface area contributed by atoms with E-state index in [9.17, 15) is 13.6 Å². The second kappa shape index (κ2) is 6.36. The van der Waals surface area contributed by atoms with Gasteiger partial charge in [-0.15, -0.1) is 0 Å². The molecule has 128 valence electrons. The fraction of sp³-hybridized carbons (Fsp3) is 0. The number of carbonyl (C=O) groups is 1. The molecule has 1 aromatic carbocycles. The highest BCUT2D eigenvalue weighted by atomic mass is 19.1. The van der Waals surface area contributed by atoms with Crippen molar-refractivity contribution < 1.29 is 13.6 Å². The Balaban J connectivity index is 1.68. The quantitative estimate of drug-likeness (QED) is 0.583. The SMILES string of the molecule is O=C(Nc1cnc2[nH]cc(-c3cncc(F)c3)c2c1)c1ccc(F)cc1. The number of nitrogens with zero attached hydrogens (tertiary/aromatic N) is 2. The third-order valence-corrected chi connectivity index (χ3v) is 3.91. The molecule has 0 bridgehead atoms. The molecule has 0 fully saturated rings. The minimum absolute atomic E-state index is 0.329. The zero-order chi connectivity index (χ0) is 18.1. The molecule has 0 saturated heterocycles. The number of halogens is 2. The number of carbonyl (C=O) groups excluding carboxylic acids is 1. The van der Waals surface area contributed by atoms with Gasteiger partial charge in [-0.2, -0.15) is 0 Å². The minimum Gasteiger partial charge on any atom is -0.346 e. The van der Waals surface area contributed by atoms with Crippen LogP contribution in [0.3, 0.4) is 0 Å². The van der Waals surface area contributed by atoms with E-state index in [1.54, 1.807) is 18.5 Å². The van der Waals surface area contributed by atoms with Gasteiger partial charge in [0.2, 0.25) is 0 Å². The van der Waals surface area contributed by atoms with Gasteiger partial charge in [0.05, 0.1) is 18.1 Å². The molecule has 5 nitrogen and oxygen atoms in total. The van der Waals surface area contributed by atoms with Crippen LogP contribution >= 0.6 is 0 Å². The minimum atomic E-state index is -0.439. The second-order valence-electron chi connectivity index (χ2n) is 5.68. The van der Waals surface area contributed by atoms with E-state index in [4.69, 9.17) is 0 Å². The fourth-order valence-electron chi connectivity index (χ4n) is 2.67. The Morgan fingerprint density at radius 3 is 2.58 bits per heavy atom. The van der Waals surface area contributed by atoms with Gasteiger partial charge in [0.25, 0.3) is 5.91 Å². The van der Waals surface area contributed by atoms with Gasteiger partial charge in [-0.1, -0.05) is 0 Å². The van der Waals surface area contributed by atoms with E-state index in [1.807, 2.05) is 0 Å². The Kier molecular flexibility index (Phi) is 3.89. The predicted molar refractivity (Wildman–Crippen MR) is 93.6 cm³/mol. The molecule has 4 aromatic rings. The van der Waals surface area contributed by atoms with Crippen LogP contribution in [-0.2, 0) is 0 Å². The molecule has 0 aliphatic rings. The summed E-state index contributed by atoms with van der Waals surface area (Å²) in [6.07, 6.45) is 5.90. The highest BCUT2D eigenvalue weighted by Gasteiger charge is 2.11.